The number of phenolic OH excluding ortho intramolecular Hbond substituents is 3. The van der Waals surface area contributed by atoms with Gasteiger partial charge in [0, 0.05) is 185 Å². The molecule has 704 valence electrons. The van der Waals surface area contributed by atoms with E-state index < -0.39 is 41.0 Å². The lowest BCUT2D eigenvalue weighted by Crippen LogP contribution is -2.35. The number of carboxylic acids is 2. The van der Waals surface area contributed by atoms with Gasteiger partial charge in [-0.25, -0.2) is 9.59 Å². The first-order chi connectivity index (χ1) is 66.2. The van der Waals surface area contributed by atoms with Gasteiger partial charge in [0.1, 0.15) is 51.6 Å². The zero-order valence-corrected chi connectivity index (χ0v) is 76.6. The number of anilines is 6. The van der Waals surface area contributed by atoms with Crippen LogP contribution in [0.2, 0.25) is 0 Å². The number of aliphatic carboxylic acids is 2. The zero-order valence-electron chi connectivity index (χ0n) is 76.6. The molecule has 2 spiro atoms. The van der Waals surface area contributed by atoms with Gasteiger partial charge in [-0.3, -0.25) is 28.8 Å². The SMILES string of the molecule is CCCN(CCC)C(=O)c1ccc2c(c1)C(=O)OC21c2ccc(C)cc2Oc2cc(N(C)c3ccc(O)cc3)ccc21.CCN(CC)C(=O)c1ccc2c(c1)C(=O)OC21c2ccc(C)cc2Oc2cc(N(C)c3ccc(O)cc3)ccc21.Cc1cc(C(=O)N(CCC(=O)O)CCC(=O)O)ccc1-c1c2ccc(=O)cc-2oc2cc(N(C)c3ccc(O)cc3)ccc12.O=C=O.O=C=O.O=C=O.O=C=O. The van der Waals surface area contributed by atoms with Gasteiger partial charge >= 0.3 is 48.5 Å². The predicted octanol–water partition coefficient (Wildman–Crippen LogP) is 17.2. The molecule has 0 saturated carbocycles. The Hall–Kier alpha value is -17.7. The van der Waals surface area contributed by atoms with Crippen molar-refractivity contribution < 1.29 is 121 Å². The Kier molecular flexibility index (Phi) is 32.7. The summed E-state index contributed by atoms with van der Waals surface area (Å²) in [6, 6.07) is 70.3. The van der Waals surface area contributed by atoms with Gasteiger partial charge in [0.2, 0.25) is 0 Å². The van der Waals surface area contributed by atoms with E-state index in [2.05, 4.69) is 13.8 Å². The van der Waals surface area contributed by atoms with Crippen LogP contribution in [0, 0.1) is 20.8 Å². The molecule has 0 fully saturated rings. The van der Waals surface area contributed by atoms with Crippen molar-refractivity contribution in [3.05, 3.63) is 325 Å². The van der Waals surface area contributed by atoms with E-state index in [0.717, 1.165) is 91.3 Å². The molecule has 2 unspecified atom stereocenters. The smallest absolute Gasteiger partial charge is 0.373 e. The van der Waals surface area contributed by atoms with E-state index in [9.17, 15) is 53.7 Å². The van der Waals surface area contributed by atoms with E-state index in [0.29, 0.717) is 116 Å². The molecule has 2 atom stereocenters. The first kappa shape index (κ1) is 101. The third kappa shape index (κ3) is 21.5. The molecule has 11 aromatic rings. The summed E-state index contributed by atoms with van der Waals surface area (Å²) in [7, 11) is 5.76. The van der Waals surface area contributed by atoms with Crippen LogP contribution >= 0.6 is 0 Å². The molecule has 3 amide bonds. The topological polar surface area (TPSA) is 444 Å². The van der Waals surface area contributed by atoms with Gasteiger partial charge in [-0.05, 0) is 240 Å². The Labute approximate surface area is 790 Å². The first-order valence-electron chi connectivity index (χ1n) is 43.3. The van der Waals surface area contributed by atoms with E-state index in [1.165, 1.54) is 17.0 Å². The Morgan fingerprint density at radius 1 is 0.348 bits per heavy atom. The second-order valence-electron chi connectivity index (χ2n) is 32.0. The molecule has 0 aromatic heterocycles. The Bertz CT molecular complexity index is 6900. The third-order valence-electron chi connectivity index (χ3n) is 23.5. The van der Waals surface area contributed by atoms with Crippen molar-refractivity contribution >= 4 is 111 Å². The molecule has 17 rings (SSSR count). The molecule has 6 aliphatic rings. The number of phenols is 3. The summed E-state index contributed by atoms with van der Waals surface area (Å²) in [6.07, 6.45) is 2.11. The first-order valence-corrected chi connectivity index (χ1v) is 43.3. The molecule has 32 heteroatoms. The number of fused-ring (bicyclic) bond motifs is 14. The lowest BCUT2D eigenvalue weighted by Gasteiger charge is -2.37. The second-order valence-corrected chi connectivity index (χ2v) is 32.0. The molecular weight excluding hydrogens is 1770 g/mol. The van der Waals surface area contributed by atoms with Crippen LogP contribution in [0.4, 0.5) is 34.1 Å². The number of aromatic hydroxyl groups is 3. The minimum atomic E-state index is -1.22. The van der Waals surface area contributed by atoms with Crippen LogP contribution in [-0.2, 0) is 68.6 Å². The van der Waals surface area contributed by atoms with Crippen LogP contribution in [0.15, 0.2) is 246 Å². The maximum Gasteiger partial charge on any atom is 0.373 e. The summed E-state index contributed by atoms with van der Waals surface area (Å²) in [5.74, 6) is -0.443. The van der Waals surface area contributed by atoms with Gasteiger partial charge in [0.15, 0.2) is 16.6 Å². The molecule has 0 radical (unpaired) electrons. The molecule has 1 aliphatic carbocycles. The van der Waals surface area contributed by atoms with Crippen LogP contribution in [0.1, 0.15) is 155 Å². The van der Waals surface area contributed by atoms with E-state index >= 15 is 0 Å². The maximum absolute atomic E-state index is 13.6. The fourth-order valence-corrected chi connectivity index (χ4v) is 16.9. The van der Waals surface area contributed by atoms with E-state index in [-0.39, 0.29) is 85.0 Å². The highest BCUT2D eigenvalue weighted by molar-refractivity contribution is 6.06. The summed E-state index contributed by atoms with van der Waals surface area (Å²) in [6.45, 7) is 16.1. The van der Waals surface area contributed by atoms with Gasteiger partial charge in [-0.2, -0.15) is 38.4 Å². The quantitative estimate of drug-likeness (QED) is 0.0311. The highest BCUT2D eigenvalue weighted by atomic mass is 16.6. The van der Waals surface area contributed by atoms with Crippen molar-refractivity contribution in [2.75, 3.05) is 75.1 Å². The number of hydrogen-bond donors (Lipinski definition) is 5. The summed E-state index contributed by atoms with van der Waals surface area (Å²) >= 11 is 0. The summed E-state index contributed by atoms with van der Waals surface area (Å²) in [4.78, 5) is 177. The van der Waals surface area contributed by atoms with Crippen LogP contribution in [0.25, 0.3) is 33.4 Å². The average molecular weight is 1870 g/mol. The molecule has 0 bridgehead atoms. The van der Waals surface area contributed by atoms with Crippen LogP contribution in [0.3, 0.4) is 0 Å². The molecule has 5 aliphatic heterocycles. The van der Waals surface area contributed by atoms with Crippen molar-refractivity contribution in [2.24, 2.45) is 0 Å². The number of benzene rings is 12. The number of rotatable bonds is 22. The number of carboxylic acid groups (broad SMARTS) is 2. The number of nitrogens with zero attached hydrogens (tertiary/aromatic N) is 6. The minimum absolute atomic E-state index is 0.0828. The monoisotopic (exact) mass is 1870 g/mol. The lowest BCUT2D eigenvalue weighted by molar-refractivity contribution is -0.193. The van der Waals surface area contributed by atoms with Gasteiger partial charge < -0.3 is 78.3 Å². The maximum atomic E-state index is 13.6. The van der Waals surface area contributed by atoms with Crippen molar-refractivity contribution in [1.82, 2.24) is 14.7 Å². The number of carbonyl (C=O) groups excluding carboxylic acids is 13. The average Bonchev–Trinajstić information content (AvgIpc) is 1.51. The molecule has 5 heterocycles. The molecule has 0 saturated heterocycles. The number of esters is 2. The van der Waals surface area contributed by atoms with E-state index in [1.54, 1.807) is 102 Å². The normalized spacial score (nSPS) is 13.5. The number of ether oxygens (including phenoxy) is 4. The number of aryl methyl sites for hydroxylation is 3. The molecule has 11 aromatic carbocycles. The predicted molar refractivity (Wildman–Crippen MR) is 501 cm³/mol. The van der Waals surface area contributed by atoms with Crippen LogP contribution < -0.4 is 29.6 Å². The fraction of sp³-hybridized carbons (Fsp3) is 0.208. The van der Waals surface area contributed by atoms with Crippen molar-refractivity contribution in [1.29, 1.82) is 0 Å². The van der Waals surface area contributed by atoms with Crippen molar-refractivity contribution in [3.63, 3.8) is 0 Å². The van der Waals surface area contributed by atoms with Gasteiger partial charge in [0.25, 0.3) is 17.7 Å². The van der Waals surface area contributed by atoms with Gasteiger partial charge in [-0.1, -0.05) is 56.3 Å². The second kappa shape index (κ2) is 44.7. The molecule has 138 heavy (non-hydrogen) atoms. The zero-order chi connectivity index (χ0) is 100. The summed E-state index contributed by atoms with van der Waals surface area (Å²) in [5, 5.41) is 48.1. The summed E-state index contributed by atoms with van der Waals surface area (Å²) < 4.78 is 31.8. The molecule has 5 N–H and O–H groups in total. The van der Waals surface area contributed by atoms with Crippen molar-refractivity contribution in [2.45, 2.75) is 85.4 Å². The van der Waals surface area contributed by atoms with E-state index in [1.807, 2.05) is 203 Å². The standard InChI is InChI=1S/C35H34N2O5.C34H30N2O8.C33H30N2O5.4CO2/c1-5-17-37(18-6-2)33(39)23-8-15-28-27(20-23)34(40)42-35(28)29-14-7-22(3)19-31(29)41-32-21-25(11-16-30(32)35)36(4)24-9-12-26(38)13-10-24;1-20-17-21(34(43)36(15-13-31(39)40)16-14-32(41)42)3-10-26(20)33-27-11-6-23(35(2)22-4-7-24(37)8-5-22)18-29(27)44-30-19-25(38)9-12-28(30)33;1-5-35(6-2)31(37)21-8-15-26-25(18-21)32(38)40-33(26)27-14-7-20(3)17-29(27)39-30-19-23(11-16-28(30)33)34(4)22-9-12-24(36)13-10-22;4*2-1-3/h7-16,19-21,38H,5-6,17-18H2,1-4H3;3-12,17-19,37H,13-16H2,1-2H3,(H,39,40)(H,41,42);7-19,36H,5-6H2,1-4H3;;;;. The Balaban J connectivity index is 0.000000187. The van der Waals surface area contributed by atoms with Gasteiger partial charge in [-0.15, -0.1) is 0 Å². The van der Waals surface area contributed by atoms with E-state index in [4.69, 9.17) is 71.9 Å². The number of hydrogen-bond acceptors (Lipinski definition) is 27. The van der Waals surface area contributed by atoms with Gasteiger partial charge in [0.05, 0.1) is 24.0 Å². The Morgan fingerprint density at radius 3 is 1.07 bits per heavy atom. The lowest BCUT2D eigenvalue weighted by atomic mass is 9.77. The summed E-state index contributed by atoms with van der Waals surface area (Å²) in [5.41, 5.74) is 14.5. The number of carbonyl (C=O) groups is 7. The van der Waals surface area contributed by atoms with Crippen LogP contribution in [-0.4, -0.2) is 167 Å². The highest BCUT2D eigenvalue weighted by Gasteiger charge is 2.56. The van der Waals surface area contributed by atoms with Crippen molar-refractivity contribution in [3.8, 4) is 62.7 Å². The number of amides is 3. The largest absolute Gasteiger partial charge is 0.508 e. The minimum Gasteiger partial charge on any atom is -0.508 e. The van der Waals surface area contributed by atoms with Crippen LogP contribution in [0.5, 0.6) is 40.2 Å². The third-order valence-corrected chi connectivity index (χ3v) is 23.5. The molecular formula is C106H94N6O26. The highest BCUT2D eigenvalue weighted by Crippen LogP contribution is 2.59. The fourth-order valence-electron chi connectivity index (χ4n) is 16.9. The Morgan fingerprint density at radius 2 is 0.681 bits per heavy atom. The molecule has 32 nitrogen and oxygen atoms in total.